The van der Waals surface area contributed by atoms with Crippen molar-refractivity contribution in [1.29, 1.82) is 0 Å². The van der Waals surface area contributed by atoms with E-state index in [1.54, 1.807) is 11.0 Å². The molecule has 2 aromatic carbocycles. The smallest absolute Gasteiger partial charge is 0.297 e. The molecule has 6 heteroatoms. The van der Waals surface area contributed by atoms with Crippen LogP contribution in [-0.2, 0) is 4.79 Å². The number of Topliss-reactive ketones (excluding diaryl/α,β-unsaturated/α-hetero) is 1. The molecule has 0 atom stereocenters. The second-order valence-corrected chi connectivity index (χ2v) is 8.01. The molecule has 2 heterocycles. The van der Waals surface area contributed by atoms with E-state index in [0.717, 1.165) is 37.2 Å². The Balaban J connectivity index is 1.31. The highest BCUT2D eigenvalue weighted by Crippen LogP contribution is 2.31. The van der Waals surface area contributed by atoms with Crippen molar-refractivity contribution in [1.82, 2.24) is 9.80 Å². The maximum absolute atomic E-state index is 12.4. The Morgan fingerprint density at radius 3 is 2.39 bits per heavy atom. The van der Waals surface area contributed by atoms with Crippen molar-refractivity contribution in [2.45, 2.75) is 0 Å². The van der Waals surface area contributed by atoms with Gasteiger partial charge in [-0.2, -0.15) is 0 Å². The molecule has 0 saturated carbocycles. The number of carbonyl (C=O) groups excluding carboxylic acids is 2. The van der Waals surface area contributed by atoms with Crippen LogP contribution in [0.1, 0.15) is 15.9 Å². The SMILES string of the molecule is O=C1C(=O)N(CN2CCN(CC=Cc3ccccc3)CC2)c2ccc(Br)cc21. The lowest BCUT2D eigenvalue weighted by molar-refractivity contribution is -0.114. The topological polar surface area (TPSA) is 43.9 Å². The molecule has 2 aromatic rings. The van der Waals surface area contributed by atoms with Crippen LogP contribution in [-0.4, -0.2) is 60.9 Å². The number of amides is 1. The van der Waals surface area contributed by atoms with Gasteiger partial charge in [0.15, 0.2) is 0 Å². The molecule has 5 nitrogen and oxygen atoms in total. The number of hydrogen-bond acceptors (Lipinski definition) is 4. The Morgan fingerprint density at radius 2 is 1.64 bits per heavy atom. The number of ketones is 1. The summed E-state index contributed by atoms with van der Waals surface area (Å²) in [4.78, 5) is 30.9. The third kappa shape index (κ3) is 4.09. The van der Waals surface area contributed by atoms with Gasteiger partial charge >= 0.3 is 5.91 Å². The van der Waals surface area contributed by atoms with E-state index in [1.165, 1.54) is 5.56 Å². The fourth-order valence-electron chi connectivity index (χ4n) is 3.63. The molecule has 0 radical (unpaired) electrons. The zero-order valence-electron chi connectivity index (χ0n) is 15.6. The molecule has 2 aliphatic rings. The van der Waals surface area contributed by atoms with Crippen LogP contribution < -0.4 is 4.90 Å². The number of nitrogens with zero attached hydrogens (tertiary/aromatic N) is 3. The van der Waals surface area contributed by atoms with Crippen molar-refractivity contribution < 1.29 is 9.59 Å². The second-order valence-electron chi connectivity index (χ2n) is 7.10. The summed E-state index contributed by atoms with van der Waals surface area (Å²) < 4.78 is 0.812. The standard InChI is InChI=1S/C22H22BrN3O2/c23-18-8-9-20-19(15-18)21(27)22(28)26(20)16-25-13-11-24(12-14-25)10-4-7-17-5-2-1-3-6-17/h1-9,15H,10-14,16H2. The summed E-state index contributed by atoms with van der Waals surface area (Å²) in [5, 5.41) is 0. The van der Waals surface area contributed by atoms with E-state index in [9.17, 15) is 9.59 Å². The van der Waals surface area contributed by atoms with E-state index in [-0.39, 0.29) is 0 Å². The number of hydrogen-bond donors (Lipinski definition) is 0. The number of anilines is 1. The number of piperazine rings is 1. The first-order valence-electron chi connectivity index (χ1n) is 9.44. The fourth-order valence-corrected chi connectivity index (χ4v) is 3.99. The Morgan fingerprint density at radius 1 is 0.929 bits per heavy atom. The van der Waals surface area contributed by atoms with Gasteiger partial charge in [-0.3, -0.25) is 24.3 Å². The zero-order chi connectivity index (χ0) is 19.5. The molecular weight excluding hydrogens is 418 g/mol. The molecule has 0 bridgehead atoms. The Kier molecular flexibility index (Phi) is 5.71. The van der Waals surface area contributed by atoms with Crippen molar-refractivity contribution >= 4 is 39.4 Å². The van der Waals surface area contributed by atoms with Gasteiger partial charge in [-0.25, -0.2) is 0 Å². The summed E-state index contributed by atoms with van der Waals surface area (Å²) in [6, 6.07) is 15.7. The van der Waals surface area contributed by atoms with Crippen LogP contribution in [0.4, 0.5) is 5.69 Å². The summed E-state index contributed by atoms with van der Waals surface area (Å²) in [5.41, 5.74) is 2.42. The highest BCUT2D eigenvalue weighted by Gasteiger charge is 2.37. The average molecular weight is 440 g/mol. The van der Waals surface area contributed by atoms with Crippen LogP contribution in [0.2, 0.25) is 0 Å². The van der Waals surface area contributed by atoms with Crippen molar-refractivity contribution in [3.05, 3.63) is 70.2 Å². The molecule has 0 N–H and O–H groups in total. The highest BCUT2D eigenvalue weighted by molar-refractivity contribution is 9.10. The van der Waals surface area contributed by atoms with Crippen molar-refractivity contribution in [3.8, 4) is 0 Å². The molecule has 0 aromatic heterocycles. The lowest BCUT2D eigenvalue weighted by Crippen LogP contribution is -2.50. The lowest BCUT2D eigenvalue weighted by atomic mass is 10.1. The lowest BCUT2D eigenvalue weighted by Gasteiger charge is -2.36. The van der Waals surface area contributed by atoms with Gasteiger partial charge in [0, 0.05) is 37.2 Å². The third-order valence-electron chi connectivity index (χ3n) is 5.21. The van der Waals surface area contributed by atoms with E-state index in [2.05, 4.69) is 50.0 Å². The summed E-state index contributed by atoms with van der Waals surface area (Å²) in [6.07, 6.45) is 4.34. The number of fused-ring (bicyclic) bond motifs is 1. The zero-order valence-corrected chi connectivity index (χ0v) is 17.1. The summed E-state index contributed by atoms with van der Waals surface area (Å²) in [5.74, 6) is -0.845. The fraction of sp³-hybridized carbons (Fsp3) is 0.273. The first kappa shape index (κ1) is 19.1. The molecule has 4 rings (SSSR count). The molecule has 0 spiro atoms. The molecule has 1 saturated heterocycles. The first-order valence-corrected chi connectivity index (χ1v) is 10.2. The predicted molar refractivity (Wildman–Crippen MR) is 114 cm³/mol. The number of rotatable bonds is 5. The maximum atomic E-state index is 12.4. The summed E-state index contributed by atoms with van der Waals surface area (Å²) in [7, 11) is 0. The van der Waals surface area contributed by atoms with Gasteiger partial charge in [0.1, 0.15) is 0 Å². The molecular formula is C22H22BrN3O2. The highest BCUT2D eigenvalue weighted by atomic mass is 79.9. The molecule has 144 valence electrons. The summed E-state index contributed by atoms with van der Waals surface area (Å²) >= 11 is 3.37. The van der Waals surface area contributed by atoms with Crippen LogP contribution in [0, 0.1) is 0 Å². The van der Waals surface area contributed by atoms with Gasteiger partial charge in [0.2, 0.25) is 0 Å². The predicted octanol–water partition coefficient (Wildman–Crippen LogP) is 3.27. The third-order valence-corrected chi connectivity index (χ3v) is 5.71. The molecule has 0 unspecified atom stereocenters. The van der Waals surface area contributed by atoms with Gasteiger partial charge in [0.05, 0.1) is 17.9 Å². The first-order chi connectivity index (χ1) is 13.6. The quantitative estimate of drug-likeness (QED) is 0.670. The van der Waals surface area contributed by atoms with Gasteiger partial charge in [-0.15, -0.1) is 0 Å². The molecule has 2 aliphatic heterocycles. The molecule has 0 aliphatic carbocycles. The van der Waals surface area contributed by atoms with E-state index in [1.807, 2.05) is 30.3 Å². The van der Waals surface area contributed by atoms with Crippen LogP contribution in [0.5, 0.6) is 0 Å². The minimum Gasteiger partial charge on any atom is -0.297 e. The average Bonchev–Trinajstić information content (AvgIpc) is 2.94. The Bertz CT molecular complexity index is 905. The van der Waals surface area contributed by atoms with Gasteiger partial charge < -0.3 is 0 Å². The normalized spacial score (nSPS) is 18.2. The van der Waals surface area contributed by atoms with E-state index in [0.29, 0.717) is 17.9 Å². The van der Waals surface area contributed by atoms with Crippen LogP contribution >= 0.6 is 15.9 Å². The minimum atomic E-state index is -0.429. The van der Waals surface area contributed by atoms with E-state index < -0.39 is 11.7 Å². The van der Waals surface area contributed by atoms with Crippen LogP contribution in [0.15, 0.2) is 59.1 Å². The molecule has 1 fully saturated rings. The van der Waals surface area contributed by atoms with Crippen LogP contribution in [0.3, 0.4) is 0 Å². The Labute approximate surface area is 173 Å². The molecule has 1 amide bonds. The number of benzene rings is 2. The van der Waals surface area contributed by atoms with Crippen molar-refractivity contribution in [3.63, 3.8) is 0 Å². The van der Waals surface area contributed by atoms with Crippen molar-refractivity contribution in [2.24, 2.45) is 0 Å². The maximum Gasteiger partial charge on any atom is 0.300 e. The largest absolute Gasteiger partial charge is 0.300 e. The van der Waals surface area contributed by atoms with Gasteiger partial charge in [-0.05, 0) is 23.8 Å². The second kappa shape index (κ2) is 8.39. The monoisotopic (exact) mass is 439 g/mol. The van der Waals surface area contributed by atoms with Crippen molar-refractivity contribution in [2.75, 3.05) is 44.3 Å². The Hall–Kier alpha value is -2.28. The molecule has 28 heavy (non-hydrogen) atoms. The van der Waals surface area contributed by atoms with Crippen LogP contribution in [0.25, 0.3) is 6.08 Å². The minimum absolute atomic E-state index is 0.416. The van der Waals surface area contributed by atoms with E-state index >= 15 is 0 Å². The number of carbonyl (C=O) groups is 2. The van der Waals surface area contributed by atoms with Gasteiger partial charge in [0.25, 0.3) is 5.78 Å². The summed E-state index contributed by atoms with van der Waals surface area (Å²) in [6.45, 7) is 5.03. The van der Waals surface area contributed by atoms with E-state index in [4.69, 9.17) is 0 Å². The number of halogens is 1. The van der Waals surface area contributed by atoms with Gasteiger partial charge in [-0.1, -0.05) is 58.4 Å².